The molecule has 0 unspecified atom stereocenters. The maximum Gasteiger partial charge on any atom is 0.168 e. The fourth-order valence-corrected chi connectivity index (χ4v) is 0.765. The van der Waals surface area contributed by atoms with E-state index in [-0.39, 0.29) is 0 Å². The maximum absolute atomic E-state index is 5.27. The number of nitrogens with one attached hydrogen (secondary N) is 1. The van der Waals surface area contributed by atoms with Crippen LogP contribution in [0.1, 0.15) is 5.69 Å². The lowest BCUT2D eigenvalue weighted by molar-refractivity contribution is 0.197. The zero-order valence-electron chi connectivity index (χ0n) is 7.08. The molecule has 0 saturated carbocycles. The highest BCUT2D eigenvalue weighted by molar-refractivity contribution is 5.24. The van der Waals surface area contributed by atoms with E-state index in [0.29, 0.717) is 13.1 Å². The summed E-state index contributed by atoms with van der Waals surface area (Å²) in [4.78, 5) is 9.25. The second kappa shape index (κ2) is 4.69. The third-order valence-electron chi connectivity index (χ3n) is 1.39. The first-order chi connectivity index (χ1) is 5.84. The molecule has 1 heterocycles. The third-order valence-corrected chi connectivity index (χ3v) is 1.39. The summed E-state index contributed by atoms with van der Waals surface area (Å²) in [6.45, 7) is 3.08. The molecule has 0 amide bonds. The van der Waals surface area contributed by atoms with Crippen LogP contribution in [-0.2, 0) is 0 Å². The second-order valence-corrected chi connectivity index (χ2v) is 2.37. The first kappa shape index (κ1) is 8.96. The Hall–Kier alpha value is -1.13. The minimum Gasteiger partial charge on any atom is -0.407 e. The highest BCUT2D eigenvalue weighted by Crippen LogP contribution is 2.11. The first-order valence-electron chi connectivity index (χ1n) is 3.86. The van der Waals surface area contributed by atoms with Crippen LogP contribution in [0.3, 0.4) is 0 Å². The molecule has 0 atom stereocenters. The average Bonchev–Trinajstić information content (AvgIpc) is 2.09. The lowest BCUT2D eigenvalue weighted by Gasteiger charge is -2.06. The molecule has 1 rings (SSSR count). The Labute approximate surface area is 71.7 Å². The van der Waals surface area contributed by atoms with Gasteiger partial charge in [-0.25, -0.2) is 0 Å². The molecule has 66 valence electrons. The van der Waals surface area contributed by atoms with Crippen LogP contribution in [0.4, 0.5) is 0 Å². The van der Waals surface area contributed by atoms with Crippen molar-refractivity contribution in [2.45, 2.75) is 6.92 Å². The molecule has 0 bridgehead atoms. The molecule has 3 N–H and O–H groups in total. The molecule has 4 nitrogen and oxygen atoms in total. The zero-order chi connectivity index (χ0) is 8.81. The molecule has 0 radical (unpaired) electrons. The van der Waals surface area contributed by atoms with Crippen LogP contribution in [0.2, 0.25) is 0 Å². The van der Waals surface area contributed by atoms with Crippen molar-refractivity contribution in [1.29, 1.82) is 0 Å². The predicted molar refractivity (Wildman–Crippen MR) is 46.7 cm³/mol. The molecule has 0 aliphatic heterocycles. The van der Waals surface area contributed by atoms with Crippen molar-refractivity contribution in [3.8, 4) is 5.75 Å². The minimum absolute atomic E-state index is 0.555. The van der Waals surface area contributed by atoms with Crippen molar-refractivity contribution < 1.29 is 4.84 Å². The van der Waals surface area contributed by atoms with Crippen molar-refractivity contribution in [2.24, 2.45) is 5.73 Å². The monoisotopic (exact) mass is 167 g/mol. The van der Waals surface area contributed by atoms with E-state index in [0.717, 1.165) is 11.4 Å². The molecule has 0 aliphatic rings. The SMILES string of the molecule is Cc1ncccc1ONCCN. The number of nitrogens with zero attached hydrogens (tertiary/aromatic N) is 1. The van der Waals surface area contributed by atoms with E-state index in [9.17, 15) is 0 Å². The molecule has 12 heavy (non-hydrogen) atoms. The Balaban J connectivity index is 2.46. The summed E-state index contributed by atoms with van der Waals surface area (Å²) in [6.07, 6.45) is 1.73. The van der Waals surface area contributed by atoms with Gasteiger partial charge in [0.2, 0.25) is 0 Å². The number of nitrogens with two attached hydrogens (primary N) is 1. The molecule has 4 heteroatoms. The van der Waals surface area contributed by atoms with E-state index >= 15 is 0 Å². The van der Waals surface area contributed by atoms with Crippen LogP contribution in [0, 0.1) is 6.92 Å². The van der Waals surface area contributed by atoms with E-state index in [1.165, 1.54) is 0 Å². The van der Waals surface area contributed by atoms with E-state index in [1.807, 2.05) is 19.1 Å². The summed E-state index contributed by atoms with van der Waals surface area (Å²) < 4.78 is 0. The third kappa shape index (κ3) is 2.48. The Bertz CT molecular complexity index is 239. The number of hydroxylamine groups is 1. The molecule has 0 aliphatic carbocycles. The number of hydrogen-bond acceptors (Lipinski definition) is 4. The minimum atomic E-state index is 0.555. The highest BCUT2D eigenvalue weighted by atomic mass is 16.6. The summed E-state index contributed by atoms with van der Waals surface area (Å²) in [5.74, 6) is 0.742. The Morgan fingerprint density at radius 3 is 3.17 bits per heavy atom. The van der Waals surface area contributed by atoms with Crippen LogP contribution in [0.25, 0.3) is 0 Å². The Morgan fingerprint density at radius 2 is 2.50 bits per heavy atom. The van der Waals surface area contributed by atoms with Gasteiger partial charge >= 0.3 is 0 Å². The van der Waals surface area contributed by atoms with Gasteiger partial charge in [-0.3, -0.25) is 4.98 Å². The van der Waals surface area contributed by atoms with Gasteiger partial charge in [0.15, 0.2) is 5.75 Å². The summed E-state index contributed by atoms with van der Waals surface area (Å²) in [7, 11) is 0. The van der Waals surface area contributed by atoms with Crippen LogP contribution in [-0.4, -0.2) is 18.1 Å². The van der Waals surface area contributed by atoms with Gasteiger partial charge < -0.3 is 10.6 Å². The van der Waals surface area contributed by atoms with Gasteiger partial charge in [-0.1, -0.05) is 0 Å². The standard InChI is InChI=1S/C8H13N3O/c1-7-8(3-2-5-10-7)12-11-6-4-9/h2-3,5,11H,4,6,9H2,1H3. The number of rotatable bonds is 4. The van der Waals surface area contributed by atoms with Gasteiger partial charge in [0, 0.05) is 19.3 Å². The summed E-state index contributed by atoms with van der Waals surface area (Å²) in [5.41, 5.74) is 8.86. The molecular formula is C8H13N3O. The summed E-state index contributed by atoms with van der Waals surface area (Å²) >= 11 is 0. The number of aryl methyl sites for hydroxylation is 1. The second-order valence-electron chi connectivity index (χ2n) is 2.37. The van der Waals surface area contributed by atoms with Crippen molar-refractivity contribution in [3.63, 3.8) is 0 Å². The molecule has 0 saturated heterocycles. The lowest BCUT2D eigenvalue weighted by Crippen LogP contribution is -2.25. The number of pyridine rings is 1. The van der Waals surface area contributed by atoms with Crippen molar-refractivity contribution in [1.82, 2.24) is 10.5 Å². The van der Waals surface area contributed by atoms with Crippen LogP contribution in [0.5, 0.6) is 5.75 Å². The smallest absolute Gasteiger partial charge is 0.168 e. The van der Waals surface area contributed by atoms with Gasteiger partial charge in [-0.2, -0.15) is 5.48 Å². The summed E-state index contributed by atoms with van der Waals surface area (Å²) in [6, 6.07) is 3.68. The molecule has 1 aromatic rings. The van der Waals surface area contributed by atoms with Crippen LogP contribution in [0.15, 0.2) is 18.3 Å². The Kier molecular flexibility index (Phi) is 3.50. The molecule has 0 aromatic carbocycles. The quantitative estimate of drug-likeness (QED) is 0.498. The highest BCUT2D eigenvalue weighted by Gasteiger charge is 1.96. The Morgan fingerprint density at radius 1 is 1.67 bits per heavy atom. The molecule has 0 fully saturated rings. The molecule has 1 aromatic heterocycles. The van der Waals surface area contributed by atoms with E-state index in [1.54, 1.807) is 6.20 Å². The fourth-order valence-electron chi connectivity index (χ4n) is 0.765. The van der Waals surface area contributed by atoms with Crippen molar-refractivity contribution in [2.75, 3.05) is 13.1 Å². The maximum atomic E-state index is 5.27. The topological polar surface area (TPSA) is 60.2 Å². The van der Waals surface area contributed by atoms with Gasteiger partial charge in [-0.15, -0.1) is 0 Å². The molecular weight excluding hydrogens is 154 g/mol. The van der Waals surface area contributed by atoms with Gasteiger partial charge in [0.25, 0.3) is 0 Å². The fraction of sp³-hybridized carbons (Fsp3) is 0.375. The van der Waals surface area contributed by atoms with E-state index < -0.39 is 0 Å². The summed E-state index contributed by atoms with van der Waals surface area (Å²) in [5, 5.41) is 0. The van der Waals surface area contributed by atoms with Crippen molar-refractivity contribution >= 4 is 0 Å². The lowest BCUT2D eigenvalue weighted by atomic mass is 10.3. The van der Waals surface area contributed by atoms with E-state index in [4.69, 9.17) is 10.6 Å². The van der Waals surface area contributed by atoms with Gasteiger partial charge in [0.05, 0.1) is 5.69 Å². The predicted octanol–water partition coefficient (Wildman–Crippen LogP) is 0.232. The normalized spacial score (nSPS) is 9.83. The number of hydrogen-bond donors (Lipinski definition) is 2. The van der Waals surface area contributed by atoms with Gasteiger partial charge in [0.1, 0.15) is 0 Å². The first-order valence-corrected chi connectivity index (χ1v) is 3.86. The van der Waals surface area contributed by atoms with Crippen LogP contribution < -0.4 is 16.1 Å². The zero-order valence-corrected chi connectivity index (χ0v) is 7.08. The largest absolute Gasteiger partial charge is 0.407 e. The molecule has 0 spiro atoms. The van der Waals surface area contributed by atoms with Gasteiger partial charge in [-0.05, 0) is 19.1 Å². The number of aromatic nitrogens is 1. The van der Waals surface area contributed by atoms with Crippen molar-refractivity contribution in [3.05, 3.63) is 24.0 Å². The van der Waals surface area contributed by atoms with Crippen LogP contribution >= 0.6 is 0 Å². The average molecular weight is 167 g/mol. The van der Waals surface area contributed by atoms with E-state index in [2.05, 4.69) is 10.5 Å².